The maximum atomic E-state index is 5.94. The van der Waals surface area contributed by atoms with Crippen LogP contribution in [-0.2, 0) is 0 Å². The molecule has 0 saturated heterocycles. The van der Waals surface area contributed by atoms with Crippen molar-refractivity contribution in [1.29, 1.82) is 0 Å². The molecule has 2 aromatic rings. The van der Waals surface area contributed by atoms with Gasteiger partial charge in [-0.1, -0.05) is 6.07 Å². The Hall–Kier alpha value is -1.26. The van der Waals surface area contributed by atoms with E-state index in [0.29, 0.717) is 0 Å². The predicted molar refractivity (Wildman–Crippen MR) is 52.4 cm³/mol. The number of hydrogen-bond acceptors (Lipinski definition) is 4. The standard InChI is InChI=1S/C9H9N3S/c10-9(8-5-13-6-12-8)7-3-1-2-4-11-7/h1-6,9H,10H2. The van der Waals surface area contributed by atoms with Crippen LogP contribution >= 0.6 is 11.3 Å². The highest BCUT2D eigenvalue weighted by atomic mass is 32.1. The second-order valence-electron chi connectivity index (χ2n) is 2.65. The number of thiazole rings is 1. The molecular weight excluding hydrogens is 182 g/mol. The minimum atomic E-state index is -0.201. The van der Waals surface area contributed by atoms with Gasteiger partial charge in [-0.05, 0) is 12.1 Å². The minimum absolute atomic E-state index is 0.201. The van der Waals surface area contributed by atoms with Gasteiger partial charge < -0.3 is 5.73 Å². The normalized spacial score (nSPS) is 12.7. The number of rotatable bonds is 2. The van der Waals surface area contributed by atoms with Crippen molar-refractivity contribution in [3.63, 3.8) is 0 Å². The Morgan fingerprint density at radius 2 is 2.15 bits per heavy atom. The maximum absolute atomic E-state index is 5.94. The summed E-state index contributed by atoms with van der Waals surface area (Å²) in [7, 11) is 0. The van der Waals surface area contributed by atoms with Gasteiger partial charge in [0.2, 0.25) is 0 Å². The lowest BCUT2D eigenvalue weighted by Crippen LogP contribution is -2.13. The smallest absolute Gasteiger partial charge is 0.0908 e. The first kappa shape index (κ1) is 8.34. The molecule has 0 amide bonds. The Bertz CT molecular complexity index is 358. The van der Waals surface area contributed by atoms with Crippen LogP contribution in [0.3, 0.4) is 0 Å². The molecule has 0 aliphatic heterocycles. The fraction of sp³-hybridized carbons (Fsp3) is 0.111. The van der Waals surface area contributed by atoms with E-state index in [1.807, 2.05) is 23.6 Å². The topological polar surface area (TPSA) is 51.8 Å². The van der Waals surface area contributed by atoms with Crippen molar-refractivity contribution in [1.82, 2.24) is 9.97 Å². The van der Waals surface area contributed by atoms with Crippen molar-refractivity contribution in [2.24, 2.45) is 5.73 Å². The molecule has 1 unspecified atom stereocenters. The highest BCUT2D eigenvalue weighted by molar-refractivity contribution is 7.07. The van der Waals surface area contributed by atoms with Gasteiger partial charge in [0.1, 0.15) is 0 Å². The molecule has 2 heterocycles. The monoisotopic (exact) mass is 191 g/mol. The van der Waals surface area contributed by atoms with Crippen molar-refractivity contribution < 1.29 is 0 Å². The van der Waals surface area contributed by atoms with Crippen molar-refractivity contribution in [3.8, 4) is 0 Å². The van der Waals surface area contributed by atoms with Crippen LogP contribution in [0.1, 0.15) is 17.4 Å². The molecule has 0 radical (unpaired) electrons. The summed E-state index contributed by atoms with van der Waals surface area (Å²) in [5.41, 5.74) is 9.45. The lowest BCUT2D eigenvalue weighted by Gasteiger charge is -2.06. The molecule has 2 N–H and O–H groups in total. The van der Waals surface area contributed by atoms with Crippen molar-refractivity contribution in [3.05, 3.63) is 46.7 Å². The third-order valence-electron chi connectivity index (χ3n) is 1.78. The maximum Gasteiger partial charge on any atom is 0.0908 e. The van der Waals surface area contributed by atoms with Gasteiger partial charge >= 0.3 is 0 Å². The zero-order valence-corrected chi connectivity index (χ0v) is 7.74. The van der Waals surface area contributed by atoms with Crippen molar-refractivity contribution in [2.45, 2.75) is 6.04 Å². The van der Waals surface area contributed by atoms with Crippen LogP contribution in [0.4, 0.5) is 0 Å². The summed E-state index contributed by atoms with van der Waals surface area (Å²) in [6, 6.07) is 5.50. The predicted octanol–water partition coefficient (Wildman–Crippen LogP) is 1.59. The van der Waals surface area contributed by atoms with Gasteiger partial charge in [-0.2, -0.15) is 0 Å². The highest BCUT2D eigenvalue weighted by Gasteiger charge is 2.10. The second kappa shape index (κ2) is 3.64. The Morgan fingerprint density at radius 3 is 2.77 bits per heavy atom. The van der Waals surface area contributed by atoms with Crippen LogP contribution in [0, 0.1) is 0 Å². The summed E-state index contributed by atoms with van der Waals surface area (Å²) in [5, 5.41) is 1.94. The summed E-state index contributed by atoms with van der Waals surface area (Å²) >= 11 is 1.54. The third-order valence-corrected chi connectivity index (χ3v) is 2.38. The summed E-state index contributed by atoms with van der Waals surface area (Å²) in [6.07, 6.45) is 1.74. The first-order valence-electron chi connectivity index (χ1n) is 3.92. The number of nitrogens with zero attached hydrogens (tertiary/aromatic N) is 2. The third kappa shape index (κ3) is 1.74. The molecule has 1 atom stereocenters. The van der Waals surface area contributed by atoms with Crippen LogP contribution in [0.15, 0.2) is 35.3 Å². The van der Waals surface area contributed by atoms with Crippen molar-refractivity contribution >= 4 is 11.3 Å². The van der Waals surface area contributed by atoms with Crippen LogP contribution in [0.5, 0.6) is 0 Å². The summed E-state index contributed by atoms with van der Waals surface area (Å²) < 4.78 is 0. The average molecular weight is 191 g/mol. The van der Waals surface area contributed by atoms with Gasteiger partial charge in [0.15, 0.2) is 0 Å². The molecule has 66 valence electrons. The Morgan fingerprint density at radius 1 is 1.23 bits per heavy atom. The van der Waals surface area contributed by atoms with E-state index in [1.54, 1.807) is 23.0 Å². The van der Waals surface area contributed by atoms with Gasteiger partial charge in [-0.3, -0.25) is 4.98 Å². The molecule has 2 aromatic heterocycles. The van der Waals surface area contributed by atoms with Gasteiger partial charge in [0.25, 0.3) is 0 Å². The molecule has 13 heavy (non-hydrogen) atoms. The largest absolute Gasteiger partial charge is 0.318 e. The van der Waals surface area contributed by atoms with Crippen LogP contribution in [-0.4, -0.2) is 9.97 Å². The Balaban J connectivity index is 2.29. The first-order valence-corrected chi connectivity index (χ1v) is 4.87. The summed E-state index contributed by atoms with van der Waals surface area (Å²) in [5.74, 6) is 0. The van der Waals surface area contributed by atoms with Crippen LogP contribution in [0.2, 0.25) is 0 Å². The zero-order valence-electron chi connectivity index (χ0n) is 6.92. The fourth-order valence-electron chi connectivity index (χ4n) is 1.09. The highest BCUT2D eigenvalue weighted by Crippen LogP contribution is 2.16. The molecule has 0 aromatic carbocycles. The number of hydrogen-bond donors (Lipinski definition) is 1. The minimum Gasteiger partial charge on any atom is -0.318 e. The first-order chi connectivity index (χ1) is 6.38. The van der Waals surface area contributed by atoms with E-state index < -0.39 is 0 Å². The van der Waals surface area contributed by atoms with Crippen LogP contribution in [0.25, 0.3) is 0 Å². The second-order valence-corrected chi connectivity index (χ2v) is 3.36. The molecule has 0 aliphatic rings. The molecule has 3 nitrogen and oxygen atoms in total. The van der Waals surface area contributed by atoms with Gasteiger partial charge in [0.05, 0.1) is 22.9 Å². The molecule has 0 bridgehead atoms. The number of nitrogens with two attached hydrogens (primary N) is 1. The quantitative estimate of drug-likeness (QED) is 0.784. The molecule has 0 spiro atoms. The molecule has 0 saturated carbocycles. The van der Waals surface area contributed by atoms with Gasteiger partial charge in [0, 0.05) is 11.6 Å². The number of aromatic nitrogens is 2. The Kier molecular flexibility index (Phi) is 2.33. The summed E-state index contributed by atoms with van der Waals surface area (Å²) in [4.78, 5) is 8.32. The van der Waals surface area contributed by atoms with E-state index in [2.05, 4.69) is 9.97 Å². The van der Waals surface area contributed by atoms with Gasteiger partial charge in [-0.25, -0.2) is 4.98 Å². The van der Waals surface area contributed by atoms with E-state index in [4.69, 9.17) is 5.73 Å². The summed E-state index contributed by atoms with van der Waals surface area (Å²) in [6.45, 7) is 0. The zero-order chi connectivity index (χ0) is 9.10. The lowest BCUT2D eigenvalue weighted by molar-refractivity contribution is 0.802. The fourth-order valence-corrected chi connectivity index (χ4v) is 1.68. The van der Waals surface area contributed by atoms with E-state index in [1.165, 1.54) is 0 Å². The van der Waals surface area contributed by atoms with E-state index in [0.717, 1.165) is 11.4 Å². The van der Waals surface area contributed by atoms with E-state index in [-0.39, 0.29) is 6.04 Å². The van der Waals surface area contributed by atoms with Gasteiger partial charge in [-0.15, -0.1) is 11.3 Å². The number of pyridine rings is 1. The Labute approximate surface area is 80.3 Å². The van der Waals surface area contributed by atoms with Crippen LogP contribution < -0.4 is 5.73 Å². The SMILES string of the molecule is NC(c1ccccn1)c1cscn1. The molecule has 0 aliphatic carbocycles. The van der Waals surface area contributed by atoms with E-state index >= 15 is 0 Å². The molecular formula is C9H9N3S. The van der Waals surface area contributed by atoms with E-state index in [9.17, 15) is 0 Å². The average Bonchev–Trinajstić information content (AvgIpc) is 2.71. The molecule has 0 fully saturated rings. The molecule has 2 rings (SSSR count). The lowest BCUT2D eigenvalue weighted by atomic mass is 10.1. The molecule has 4 heteroatoms. The van der Waals surface area contributed by atoms with Crippen molar-refractivity contribution in [2.75, 3.05) is 0 Å².